The molecule has 1 N–H and O–H groups in total. The molecule has 1 unspecified atom stereocenters. The number of carboxylic acids is 1. The van der Waals surface area contributed by atoms with Crippen LogP contribution in [0.4, 0.5) is 0 Å². The molecule has 7 nitrogen and oxygen atoms in total. The van der Waals surface area contributed by atoms with Gasteiger partial charge in [0.1, 0.15) is 5.41 Å². The van der Waals surface area contributed by atoms with Crippen LogP contribution in [0.25, 0.3) is 0 Å². The van der Waals surface area contributed by atoms with Crippen LogP contribution < -0.4 is 9.47 Å². The molecule has 0 aliphatic carbocycles. The number of carbonyl (C=O) groups excluding carboxylic acids is 1. The van der Waals surface area contributed by atoms with E-state index in [2.05, 4.69) is 0 Å². The number of methoxy groups -OCH3 is 3. The van der Waals surface area contributed by atoms with Crippen molar-refractivity contribution in [3.05, 3.63) is 23.8 Å². The first-order valence-electron chi connectivity index (χ1n) is 7.21. The quantitative estimate of drug-likeness (QED) is 0.848. The first-order chi connectivity index (χ1) is 11.0. The van der Waals surface area contributed by atoms with Gasteiger partial charge in [0.2, 0.25) is 0 Å². The molecule has 0 saturated carbocycles. The minimum atomic E-state index is -1.06. The Bertz CT molecular complexity index is 602. The lowest BCUT2D eigenvalue weighted by Crippen LogP contribution is -2.40. The Hall–Kier alpha value is -2.28. The molecule has 1 aliphatic heterocycles. The van der Waals surface area contributed by atoms with E-state index in [0.717, 1.165) is 0 Å². The maximum absolute atomic E-state index is 12.8. The highest BCUT2D eigenvalue weighted by Gasteiger charge is 2.46. The first kappa shape index (κ1) is 17.1. The fraction of sp³-hybridized carbons (Fsp3) is 0.500. The van der Waals surface area contributed by atoms with Gasteiger partial charge in [0.25, 0.3) is 5.91 Å². The number of nitrogens with zero attached hydrogens (tertiary/aromatic N) is 1. The van der Waals surface area contributed by atoms with Gasteiger partial charge in [-0.25, -0.2) is 0 Å². The monoisotopic (exact) mass is 323 g/mol. The van der Waals surface area contributed by atoms with Crippen molar-refractivity contribution in [2.45, 2.75) is 6.42 Å². The number of ether oxygens (including phenoxy) is 3. The van der Waals surface area contributed by atoms with E-state index in [0.29, 0.717) is 30.0 Å². The Balaban J connectivity index is 2.28. The predicted octanol–water partition coefficient (Wildman–Crippen LogP) is 1.27. The van der Waals surface area contributed by atoms with Crippen LogP contribution in [-0.2, 0) is 9.53 Å². The molecule has 0 aromatic heterocycles. The highest BCUT2D eigenvalue weighted by Crippen LogP contribution is 2.35. The maximum atomic E-state index is 12.8. The average Bonchev–Trinajstić information content (AvgIpc) is 2.99. The largest absolute Gasteiger partial charge is 0.493 e. The Labute approximate surface area is 134 Å². The van der Waals surface area contributed by atoms with E-state index in [1.807, 2.05) is 0 Å². The summed E-state index contributed by atoms with van der Waals surface area (Å²) in [6.45, 7) is 0.533. The molecule has 23 heavy (non-hydrogen) atoms. The molecule has 1 amide bonds. The van der Waals surface area contributed by atoms with Gasteiger partial charge in [-0.15, -0.1) is 0 Å². The van der Waals surface area contributed by atoms with Crippen LogP contribution >= 0.6 is 0 Å². The van der Waals surface area contributed by atoms with Gasteiger partial charge in [0.15, 0.2) is 11.5 Å². The van der Waals surface area contributed by atoms with Crippen molar-refractivity contribution in [2.24, 2.45) is 5.41 Å². The minimum absolute atomic E-state index is 0.0708. The summed E-state index contributed by atoms with van der Waals surface area (Å²) in [5, 5.41) is 9.49. The third-order valence-corrected chi connectivity index (χ3v) is 4.15. The minimum Gasteiger partial charge on any atom is -0.493 e. The van der Waals surface area contributed by atoms with Gasteiger partial charge < -0.3 is 24.2 Å². The number of carboxylic acid groups (broad SMARTS) is 1. The van der Waals surface area contributed by atoms with Crippen LogP contribution in [0.3, 0.4) is 0 Å². The van der Waals surface area contributed by atoms with Crippen molar-refractivity contribution in [3.8, 4) is 11.5 Å². The van der Waals surface area contributed by atoms with Crippen molar-refractivity contribution < 1.29 is 28.9 Å². The van der Waals surface area contributed by atoms with Crippen molar-refractivity contribution >= 4 is 11.9 Å². The molecule has 0 radical (unpaired) electrons. The van der Waals surface area contributed by atoms with E-state index in [-0.39, 0.29) is 19.1 Å². The van der Waals surface area contributed by atoms with Crippen LogP contribution in [0.5, 0.6) is 11.5 Å². The third-order valence-electron chi connectivity index (χ3n) is 4.15. The first-order valence-corrected chi connectivity index (χ1v) is 7.21. The Morgan fingerprint density at radius 2 is 2.00 bits per heavy atom. The molecule has 0 bridgehead atoms. The number of carbonyl (C=O) groups is 2. The highest BCUT2D eigenvalue weighted by atomic mass is 16.5. The smallest absolute Gasteiger partial charge is 0.313 e. The van der Waals surface area contributed by atoms with Crippen molar-refractivity contribution in [3.63, 3.8) is 0 Å². The Morgan fingerprint density at radius 1 is 1.26 bits per heavy atom. The summed E-state index contributed by atoms with van der Waals surface area (Å²) in [7, 11) is 4.42. The van der Waals surface area contributed by atoms with E-state index in [1.54, 1.807) is 18.2 Å². The summed E-state index contributed by atoms with van der Waals surface area (Å²) >= 11 is 0. The zero-order valence-corrected chi connectivity index (χ0v) is 13.5. The summed E-state index contributed by atoms with van der Waals surface area (Å²) in [5.74, 6) is -0.425. The van der Waals surface area contributed by atoms with E-state index in [1.165, 1.54) is 26.2 Å². The number of hydrogen-bond acceptors (Lipinski definition) is 5. The second kappa shape index (κ2) is 6.87. The zero-order chi connectivity index (χ0) is 17.0. The van der Waals surface area contributed by atoms with E-state index in [9.17, 15) is 14.7 Å². The molecular formula is C16H21NO6. The van der Waals surface area contributed by atoms with Gasteiger partial charge in [0.05, 0.1) is 26.4 Å². The lowest BCUT2D eigenvalue weighted by molar-refractivity contribution is -0.151. The molecule has 126 valence electrons. The topological polar surface area (TPSA) is 85.3 Å². The summed E-state index contributed by atoms with van der Waals surface area (Å²) in [6, 6.07) is 5.04. The standard InChI is InChI=1S/C16H21NO6/c1-21-10-16(15(19)20)7-8-17(9-16)14(18)11-5-4-6-12(22-2)13(11)23-3/h4-6H,7-10H2,1-3H3,(H,19,20). The summed E-state index contributed by atoms with van der Waals surface area (Å²) in [4.78, 5) is 25.9. The number of aliphatic carboxylic acids is 1. The lowest BCUT2D eigenvalue weighted by Gasteiger charge is -2.24. The number of rotatable bonds is 6. The number of likely N-dealkylation sites (tertiary alicyclic amines) is 1. The van der Waals surface area contributed by atoms with Crippen LogP contribution in [-0.4, -0.2) is 62.9 Å². The number of para-hydroxylation sites is 1. The molecule has 1 heterocycles. The molecule has 1 atom stereocenters. The third kappa shape index (κ3) is 3.10. The highest BCUT2D eigenvalue weighted by molar-refractivity contribution is 5.98. The molecule has 7 heteroatoms. The SMILES string of the molecule is COCC1(C(=O)O)CCN(C(=O)c2cccc(OC)c2OC)C1. The molecular weight excluding hydrogens is 302 g/mol. The molecule has 1 fully saturated rings. The number of amides is 1. The van der Waals surface area contributed by atoms with Gasteiger partial charge in [-0.1, -0.05) is 6.07 Å². The molecule has 1 saturated heterocycles. The summed E-state index contributed by atoms with van der Waals surface area (Å²) in [6.07, 6.45) is 0.355. The fourth-order valence-electron chi connectivity index (χ4n) is 2.90. The summed E-state index contributed by atoms with van der Waals surface area (Å²) in [5.41, 5.74) is -0.707. The van der Waals surface area contributed by atoms with Gasteiger partial charge in [0, 0.05) is 20.2 Å². The van der Waals surface area contributed by atoms with Crippen molar-refractivity contribution in [2.75, 3.05) is 41.0 Å². The normalized spacial score (nSPS) is 20.4. The molecule has 1 aromatic carbocycles. The van der Waals surface area contributed by atoms with Crippen LogP contribution in [0, 0.1) is 5.41 Å². The molecule has 2 rings (SSSR count). The maximum Gasteiger partial charge on any atom is 0.313 e. The van der Waals surface area contributed by atoms with Crippen LogP contribution in [0.1, 0.15) is 16.8 Å². The van der Waals surface area contributed by atoms with E-state index < -0.39 is 11.4 Å². The zero-order valence-electron chi connectivity index (χ0n) is 13.5. The molecule has 1 aliphatic rings. The number of benzene rings is 1. The van der Waals surface area contributed by atoms with Gasteiger partial charge in [-0.2, -0.15) is 0 Å². The van der Waals surface area contributed by atoms with Crippen LogP contribution in [0.2, 0.25) is 0 Å². The lowest BCUT2D eigenvalue weighted by atomic mass is 9.88. The summed E-state index contributed by atoms with van der Waals surface area (Å²) < 4.78 is 15.5. The van der Waals surface area contributed by atoms with E-state index in [4.69, 9.17) is 14.2 Å². The second-order valence-corrected chi connectivity index (χ2v) is 5.54. The second-order valence-electron chi connectivity index (χ2n) is 5.54. The Kier molecular flexibility index (Phi) is 5.10. The van der Waals surface area contributed by atoms with Crippen molar-refractivity contribution in [1.29, 1.82) is 0 Å². The van der Waals surface area contributed by atoms with E-state index >= 15 is 0 Å². The average molecular weight is 323 g/mol. The Morgan fingerprint density at radius 3 is 2.57 bits per heavy atom. The van der Waals surface area contributed by atoms with Gasteiger partial charge in [-0.05, 0) is 18.6 Å². The molecule has 0 spiro atoms. The molecule has 1 aromatic rings. The van der Waals surface area contributed by atoms with Gasteiger partial charge >= 0.3 is 5.97 Å². The predicted molar refractivity (Wildman–Crippen MR) is 82.0 cm³/mol. The van der Waals surface area contributed by atoms with Crippen molar-refractivity contribution in [1.82, 2.24) is 4.90 Å². The van der Waals surface area contributed by atoms with Gasteiger partial charge in [-0.3, -0.25) is 9.59 Å². The fourth-order valence-corrected chi connectivity index (χ4v) is 2.90. The number of hydrogen-bond donors (Lipinski definition) is 1. The van der Waals surface area contributed by atoms with Crippen LogP contribution in [0.15, 0.2) is 18.2 Å².